The Balaban J connectivity index is 1.73. The minimum absolute atomic E-state index is 0.907. The number of piperidine rings is 1. The van der Waals surface area contributed by atoms with E-state index in [1.54, 1.807) is 5.57 Å². The number of hydrogen-bond donors (Lipinski definition) is 1. The summed E-state index contributed by atoms with van der Waals surface area (Å²) in [4.78, 5) is 2.47. The summed E-state index contributed by atoms with van der Waals surface area (Å²) in [6.07, 6.45) is 4.90. The molecule has 80 valence electrons. The second kappa shape index (κ2) is 5.49. The van der Waals surface area contributed by atoms with E-state index in [2.05, 4.69) is 16.3 Å². The summed E-state index contributed by atoms with van der Waals surface area (Å²) < 4.78 is 5.32. The van der Waals surface area contributed by atoms with Crippen LogP contribution in [0.4, 0.5) is 0 Å². The van der Waals surface area contributed by atoms with Crippen molar-refractivity contribution in [3.05, 3.63) is 11.6 Å². The largest absolute Gasteiger partial charge is 0.379 e. The average molecular weight is 196 g/mol. The SMILES string of the molecule is C(CN1CCOCC1)=C1CCNCC1. The molecule has 0 aromatic heterocycles. The monoisotopic (exact) mass is 196 g/mol. The molecule has 0 atom stereocenters. The Bertz CT molecular complexity index is 189. The third kappa shape index (κ3) is 3.08. The van der Waals surface area contributed by atoms with E-state index in [0.717, 1.165) is 45.9 Å². The first-order valence-electron chi connectivity index (χ1n) is 5.64. The van der Waals surface area contributed by atoms with E-state index in [1.165, 1.54) is 12.8 Å². The van der Waals surface area contributed by atoms with Crippen LogP contribution >= 0.6 is 0 Å². The third-order valence-electron chi connectivity index (χ3n) is 2.99. The Morgan fingerprint density at radius 3 is 2.64 bits per heavy atom. The molecule has 2 heterocycles. The Kier molecular flexibility index (Phi) is 3.98. The van der Waals surface area contributed by atoms with Gasteiger partial charge in [0.1, 0.15) is 0 Å². The first-order valence-corrected chi connectivity index (χ1v) is 5.64. The molecule has 0 aliphatic carbocycles. The van der Waals surface area contributed by atoms with E-state index in [9.17, 15) is 0 Å². The van der Waals surface area contributed by atoms with Gasteiger partial charge in [-0.05, 0) is 25.9 Å². The summed E-state index contributed by atoms with van der Waals surface area (Å²) in [5.74, 6) is 0. The zero-order chi connectivity index (χ0) is 9.64. The highest BCUT2D eigenvalue weighted by molar-refractivity contribution is 5.06. The van der Waals surface area contributed by atoms with Gasteiger partial charge in [0.2, 0.25) is 0 Å². The number of nitrogens with zero attached hydrogens (tertiary/aromatic N) is 1. The summed E-state index contributed by atoms with van der Waals surface area (Å²) >= 11 is 0. The van der Waals surface area contributed by atoms with Gasteiger partial charge < -0.3 is 10.1 Å². The molecule has 0 unspecified atom stereocenters. The fourth-order valence-corrected chi connectivity index (χ4v) is 1.99. The van der Waals surface area contributed by atoms with Crippen LogP contribution in [-0.2, 0) is 4.74 Å². The molecule has 0 amide bonds. The van der Waals surface area contributed by atoms with Crippen molar-refractivity contribution in [2.75, 3.05) is 45.9 Å². The lowest BCUT2D eigenvalue weighted by molar-refractivity contribution is 0.0433. The summed E-state index contributed by atoms with van der Waals surface area (Å²) in [6.45, 7) is 7.46. The first-order chi connectivity index (χ1) is 6.95. The highest BCUT2D eigenvalue weighted by Crippen LogP contribution is 2.10. The topological polar surface area (TPSA) is 24.5 Å². The van der Waals surface area contributed by atoms with Crippen molar-refractivity contribution in [3.63, 3.8) is 0 Å². The smallest absolute Gasteiger partial charge is 0.0594 e. The molecule has 2 fully saturated rings. The van der Waals surface area contributed by atoms with Gasteiger partial charge in [-0.2, -0.15) is 0 Å². The predicted molar refractivity (Wildman–Crippen MR) is 57.4 cm³/mol. The maximum atomic E-state index is 5.32. The van der Waals surface area contributed by atoms with Crippen LogP contribution in [0.3, 0.4) is 0 Å². The molecule has 0 bridgehead atoms. The van der Waals surface area contributed by atoms with Gasteiger partial charge in [0.25, 0.3) is 0 Å². The minimum atomic E-state index is 0.907. The van der Waals surface area contributed by atoms with Crippen LogP contribution in [0, 0.1) is 0 Å². The van der Waals surface area contributed by atoms with E-state index in [0.29, 0.717) is 0 Å². The molecule has 2 aliphatic heterocycles. The fraction of sp³-hybridized carbons (Fsp3) is 0.818. The molecule has 0 saturated carbocycles. The van der Waals surface area contributed by atoms with Crippen molar-refractivity contribution >= 4 is 0 Å². The number of rotatable bonds is 2. The van der Waals surface area contributed by atoms with Crippen molar-refractivity contribution < 1.29 is 4.74 Å². The summed E-state index contributed by atoms with van der Waals surface area (Å²) in [5, 5.41) is 3.38. The van der Waals surface area contributed by atoms with Gasteiger partial charge in [-0.3, -0.25) is 4.90 Å². The van der Waals surface area contributed by atoms with Crippen LogP contribution in [0.15, 0.2) is 11.6 Å². The van der Waals surface area contributed by atoms with E-state index < -0.39 is 0 Å². The van der Waals surface area contributed by atoms with Gasteiger partial charge in [-0.15, -0.1) is 0 Å². The molecular formula is C11H20N2O. The second-order valence-electron chi connectivity index (χ2n) is 4.03. The maximum Gasteiger partial charge on any atom is 0.0594 e. The molecule has 2 saturated heterocycles. The van der Waals surface area contributed by atoms with Crippen molar-refractivity contribution in [2.24, 2.45) is 0 Å². The molecule has 0 radical (unpaired) electrons. The second-order valence-corrected chi connectivity index (χ2v) is 4.03. The maximum absolute atomic E-state index is 5.32. The lowest BCUT2D eigenvalue weighted by Crippen LogP contribution is -2.36. The van der Waals surface area contributed by atoms with Gasteiger partial charge in [-0.1, -0.05) is 11.6 Å². The Morgan fingerprint density at radius 2 is 1.93 bits per heavy atom. The molecule has 2 aliphatic rings. The van der Waals surface area contributed by atoms with E-state index in [-0.39, 0.29) is 0 Å². The molecule has 1 N–H and O–H groups in total. The Labute approximate surface area is 86.1 Å². The van der Waals surface area contributed by atoms with Crippen LogP contribution in [0.1, 0.15) is 12.8 Å². The minimum Gasteiger partial charge on any atom is -0.379 e. The number of hydrogen-bond acceptors (Lipinski definition) is 3. The number of morpholine rings is 1. The molecule has 14 heavy (non-hydrogen) atoms. The van der Waals surface area contributed by atoms with Gasteiger partial charge in [0.15, 0.2) is 0 Å². The molecule has 2 rings (SSSR count). The Morgan fingerprint density at radius 1 is 1.21 bits per heavy atom. The lowest BCUT2D eigenvalue weighted by atomic mass is 10.1. The molecule has 0 aromatic carbocycles. The highest BCUT2D eigenvalue weighted by atomic mass is 16.5. The highest BCUT2D eigenvalue weighted by Gasteiger charge is 2.09. The molecule has 3 nitrogen and oxygen atoms in total. The van der Waals surface area contributed by atoms with Crippen molar-refractivity contribution in [1.29, 1.82) is 0 Å². The van der Waals surface area contributed by atoms with E-state index in [4.69, 9.17) is 4.74 Å². The third-order valence-corrected chi connectivity index (χ3v) is 2.99. The van der Waals surface area contributed by atoms with E-state index >= 15 is 0 Å². The number of nitrogens with one attached hydrogen (secondary N) is 1. The normalized spacial score (nSPS) is 25.0. The molecule has 0 spiro atoms. The van der Waals surface area contributed by atoms with Crippen LogP contribution in [-0.4, -0.2) is 50.8 Å². The summed E-state index contributed by atoms with van der Waals surface area (Å²) in [5.41, 5.74) is 1.63. The molecular weight excluding hydrogens is 176 g/mol. The summed E-state index contributed by atoms with van der Waals surface area (Å²) in [6, 6.07) is 0. The van der Waals surface area contributed by atoms with Crippen LogP contribution in [0.5, 0.6) is 0 Å². The first kappa shape index (κ1) is 10.1. The zero-order valence-corrected chi connectivity index (χ0v) is 8.80. The average Bonchev–Trinajstić information content (AvgIpc) is 2.29. The van der Waals surface area contributed by atoms with Gasteiger partial charge in [0.05, 0.1) is 13.2 Å². The van der Waals surface area contributed by atoms with Crippen molar-refractivity contribution in [1.82, 2.24) is 10.2 Å². The molecule has 0 aromatic rings. The van der Waals surface area contributed by atoms with Crippen LogP contribution < -0.4 is 5.32 Å². The standard InChI is InChI=1S/C11H20N2O/c1-4-12-5-2-11(1)3-6-13-7-9-14-10-8-13/h3,12H,1-2,4-10H2. The van der Waals surface area contributed by atoms with Crippen molar-refractivity contribution in [3.8, 4) is 0 Å². The lowest BCUT2D eigenvalue weighted by Gasteiger charge is -2.26. The van der Waals surface area contributed by atoms with Crippen LogP contribution in [0.2, 0.25) is 0 Å². The number of ether oxygens (including phenoxy) is 1. The van der Waals surface area contributed by atoms with Gasteiger partial charge in [-0.25, -0.2) is 0 Å². The van der Waals surface area contributed by atoms with Gasteiger partial charge in [0, 0.05) is 19.6 Å². The quantitative estimate of drug-likeness (QED) is 0.656. The predicted octanol–water partition coefficient (Wildman–Crippen LogP) is 0.628. The zero-order valence-electron chi connectivity index (χ0n) is 8.80. The Hall–Kier alpha value is -0.380. The van der Waals surface area contributed by atoms with E-state index in [1.807, 2.05) is 0 Å². The van der Waals surface area contributed by atoms with Crippen LogP contribution in [0.25, 0.3) is 0 Å². The fourth-order valence-electron chi connectivity index (χ4n) is 1.99. The van der Waals surface area contributed by atoms with Gasteiger partial charge >= 0.3 is 0 Å². The molecule has 3 heteroatoms. The summed E-state index contributed by atoms with van der Waals surface area (Å²) in [7, 11) is 0. The van der Waals surface area contributed by atoms with Crippen molar-refractivity contribution in [2.45, 2.75) is 12.8 Å².